The van der Waals surface area contributed by atoms with E-state index < -0.39 is 0 Å². The van der Waals surface area contributed by atoms with Crippen molar-refractivity contribution < 1.29 is 9.47 Å². The quantitative estimate of drug-likeness (QED) is 0.908. The molecule has 0 bridgehead atoms. The summed E-state index contributed by atoms with van der Waals surface area (Å²) in [7, 11) is 1.69. The molecule has 2 N–H and O–H groups in total. The molecular formula is C18H30N2O2. The molecule has 1 aromatic carbocycles. The number of methoxy groups -OCH3 is 1. The Labute approximate surface area is 134 Å². The van der Waals surface area contributed by atoms with Gasteiger partial charge in [0.05, 0.1) is 13.2 Å². The smallest absolute Gasteiger partial charge is 0.166 e. The standard InChI is InChI=1S/C18H30N2O2/c1-13(2)22-17-14(7-6-8-15(17)21-5)11-20-10-9-16(19)18(3,4)12-20/h6-8,13,16H,9-12,19H2,1-5H3. The van der Waals surface area contributed by atoms with Gasteiger partial charge in [-0.05, 0) is 31.7 Å². The van der Waals surface area contributed by atoms with Crippen LogP contribution in [0.5, 0.6) is 11.5 Å². The lowest BCUT2D eigenvalue weighted by Crippen LogP contribution is -2.52. The van der Waals surface area contributed by atoms with Crippen molar-refractivity contribution in [2.75, 3.05) is 20.2 Å². The van der Waals surface area contributed by atoms with Crippen molar-refractivity contribution in [3.8, 4) is 11.5 Å². The average molecular weight is 306 g/mol. The monoisotopic (exact) mass is 306 g/mol. The van der Waals surface area contributed by atoms with Crippen LogP contribution in [0.3, 0.4) is 0 Å². The van der Waals surface area contributed by atoms with Crippen molar-refractivity contribution in [1.82, 2.24) is 4.90 Å². The number of rotatable bonds is 5. The van der Waals surface area contributed by atoms with Gasteiger partial charge in [0.2, 0.25) is 0 Å². The second kappa shape index (κ2) is 6.88. The highest BCUT2D eigenvalue weighted by Gasteiger charge is 2.33. The molecule has 2 rings (SSSR count). The zero-order chi connectivity index (χ0) is 16.3. The maximum Gasteiger partial charge on any atom is 0.166 e. The van der Waals surface area contributed by atoms with Gasteiger partial charge >= 0.3 is 0 Å². The molecule has 0 radical (unpaired) electrons. The number of piperidine rings is 1. The Kier molecular flexibility index (Phi) is 5.35. The third-order valence-electron chi connectivity index (χ3n) is 4.42. The SMILES string of the molecule is COc1cccc(CN2CCC(N)C(C)(C)C2)c1OC(C)C. The number of nitrogens with zero attached hydrogens (tertiary/aromatic N) is 1. The molecule has 1 aliphatic rings. The Morgan fingerprint density at radius 2 is 2.09 bits per heavy atom. The van der Waals surface area contributed by atoms with E-state index in [-0.39, 0.29) is 17.6 Å². The third kappa shape index (κ3) is 3.93. The largest absolute Gasteiger partial charge is 0.493 e. The predicted octanol–water partition coefficient (Wildman–Crippen LogP) is 3.04. The molecule has 0 aromatic heterocycles. The Hall–Kier alpha value is -1.26. The van der Waals surface area contributed by atoms with Crippen molar-refractivity contribution in [3.05, 3.63) is 23.8 Å². The predicted molar refractivity (Wildman–Crippen MR) is 90.4 cm³/mol. The van der Waals surface area contributed by atoms with Gasteiger partial charge in [0.25, 0.3) is 0 Å². The molecule has 4 nitrogen and oxygen atoms in total. The fourth-order valence-electron chi connectivity index (χ4n) is 3.08. The number of ether oxygens (including phenoxy) is 2. The second-order valence-corrected chi connectivity index (χ2v) is 7.21. The third-order valence-corrected chi connectivity index (χ3v) is 4.42. The molecule has 0 saturated carbocycles. The summed E-state index contributed by atoms with van der Waals surface area (Å²) in [6.45, 7) is 11.5. The van der Waals surface area contributed by atoms with Gasteiger partial charge in [-0.2, -0.15) is 0 Å². The summed E-state index contributed by atoms with van der Waals surface area (Å²) >= 11 is 0. The molecular weight excluding hydrogens is 276 g/mol. The van der Waals surface area contributed by atoms with Gasteiger partial charge < -0.3 is 15.2 Å². The van der Waals surface area contributed by atoms with Crippen molar-refractivity contribution >= 4 is 0 Å². The minimum atomic E-state index is 0.126. The normalized spacial score (nSPS) is 21.9. The van der Waals surface area contributed by atoms with Crippen LogP contribution in [-0.4, -0.2) is 37.2 Å². The van der Waals surface area contributed by atoms with E-state index in [1.54, 1.807) is 7.11 Å². The van der Waals surface area contributed by atoms with E-state index in [2.05, 4.69) is 24.8 Å². The molecule has 0 aliphatic carbocycles. The van der Waals surface area contributed by atoms with Crippen LogP contribution in [0.4, 0.5) is 0 Å². The summed E-state index contributed by atoms with van der Waals surface area (Å²) in [5.74, 6) is 1.67. The van der Waals surface area contributed by atoms with Gasteiger partial charge in [-0.15, -0.1) is 0 Å². The van der Waals surface area contributed by atoms with E-state index in [0.717, 1.165) is 37.6 Å². The minimum Gasteiger partial charge on any atom is -0.493 e. The van der Waals surface area contributed by atoms with Crippen LogP contribution >= 0.6 is 0 Å². The zero-order valence-corrected chi connectivity index (χ0v) is 14.6. The molecule has 1 heterocycles. The lowest BCUT2D eigenvalue weighted by molar-refractivity contribution is 0.0884. The van der Waals surface area contributed by atoms with Crippen molar-refractivity contribution in [2.24, 2.45) is 11.1 Å². The zero-order valence-electron chi connectivity index (χ0n) is 14.6. The molecule has 1 fully saturated rings. The first-order chi connectivity index (χ1) is 10.3. The Balaban J connectivity index is 2.19. The van der Waals surface area contributed by atoms with Crippen LogP contribution in [0.15, 0.2) is 18.2 Å². The van der Waals surface area contributed by atoms with Crippen LogP contribution < -0.4 is 15.2 Å². The first-order valence-electron chi connectivity index (χ1n) is 8.14. The van der Waals surface area contributed by atoms with Gasteiger partial charge in [-0.25, -0.2) is 0 Å². The number of hydrogen-bond acceptors (Lipinski definition) is 4. The Morgan fingerprint density at radius 3 is 2.68 bits per heavy atom. The number of para-hydroxylation sites is 1. The van der Waals surface area contributed by atoms with Gasteiger partial charge in [-0.3, -0.25) is 4.90 Å². The van der Waals surface area contributed by atoms with Gasteiger partial charge in [0.15, 0.2) is 11.5 Å². The van der Waals surface area contributed by atoms with E-state index in [0.29, 0.717) is 0 Å². The summed E-state index contributed by atoms with van der Waals surface area (Å²) < 4.78 is 11.5. The first kappa shape index (κ1) is 17.1. The van der Waals surface area contributed by atoms with Gasteiger partial charge in [0, 0.05) is 31.2 Å². The summed E-state index contributed by atoms with van der Waals surface area (Å²) in [5.41, 5.74) is 7.57. The lowest BCUT2D eigenvalue weighted by atomic mass is 9.79. The molecule has 0 amide bonds. The molecule has 22 heavy (non-hydrogen) atoms. The molecule has 1 saturated heterocycles. The molecule has 1 aromatic rings. The first-order valence-corrected chi connectivity index (χ1v) is 8.14. The summed E-state index contributed by atoms with van der Waals surface area (Å²) in [4.78, 5) is 2.46. The van der Waals surface area contributed by atoms with Crippen molar-refractivity contribution in [2.45, 2.75) is 52.8 Å². The van der Waals surface area contributed by atoms with Crippen LogP contribution in [0.1, 0.15) is 39.7 Å². The Bertz CT molecular complexity index is 500. The van der Waals surface area contributed by atoms with E-state index in [1.807, 2.05) is 26.0 Å². The van der Waals surface area contributed by atoms with E-state index >= 15 is 0 Å². The number of nitrogens with two attached hydrogens (primary N) is 1. The molecule has 1 aliphatic heterocycles. The van der Waals surface area contributed by atoms with Gasteiger partial charge in [0.1, 0.15) is 0 Å². The summed E-state index contributed by atoms with van der Waals surface area (Å²) in [6, 6.07) is 6.39. The summed E-state index contributed by atoms with van der Waals surface area (Å²) in [6.07, 6.45) is 1.17. The van der Waals surface area contributed by atoms with Gasteiger partial charge in [-0.1, -0.05) is 26.0 Å². The second-order valence-electron chi connectivity index (χ2n) is 7.21. The highest BCUT2D eigenvalue weighted by atomic mass is 16.5. The molecule has 4 heteroatoms. The molecule has 0 spiro atoms. The van der Waals surface area contributed by atoms with Crippen LogP contribution in [0.2, 0.25) is 0 Å². The number of likely N-dealkylation sites (tertiary alicyclic amines) is 1. The minimum absolute atomic E-state index is 0.126. The fraction of sp³-hybridized carbons (Fsp3) is 0.667. The lowest BCUT2D eigenvalue weighted by Gasteiger charge is -2.42. The highest BCUT2D eigenvalue weighted by Crippen LogP contribution is 2.35. The fourth-order valence-corrected chi connectivity index (χ4v) is 3.08. The van der Waals surface area contributed by atoms with Crippen molar-refractivity contribution in [1.29, 1.82) is 0 Å². The number of benzene rings is 1. The van der Waals surface area contributed by atoms with E-state index in [4.69, 9.17) is 15.2 Å². The maximum absolute atomic E-state index is 6.24. The summed E-state index contributed by atoms with van der Waals surface area (Å²) in [5, 5.41) is 0. The van der Waals surface area contributed by atoms with Crippen LogP contribution in [0.25, 0.3) is 0 Å². The van der Waals surface area contributed by atoms with E-state index in [1.165, 1.54) is 5.56 Å². The van der Waals surface area contributed by atoms with E-state index in [9.17, 15) is 0 Å². The maximum atomic E-state index is 6.24. The van der Waals surface area contributed by atoms with Crippen LogP contribution in [-0.2, 0) is 6.54 Å². The topological polar surface area (TPSA) is 47.7 Å². The number of hydrogen-bond donors (Lipinski definition) is 1. The average Bonchev–Trinajstić information content (AvgIpc) is 2.44. The molecule has 1 atom stereocenters. The highest BCUT2D eigenvalue weighted by molar-refractivity contribution is 5.46. The molecule has 124 valence electrons. The van der Waals surface area contributed by atoms with Crippen LogP contribution in [0, 0.1) is 5.41 Å². The molecule has 1 unspecified atom stereocenters. The van der Waals surface area contributed by atoms with Crippen molar-refractivity contribution in [3.63, 3.8) is 0 Å². The Morgan fingerprint density at radius 1 is 1.36 bits per heavy atom.